The summed E-state index contributed by atoms with van der Waals surface area (Å²) in [4.78, 5) is 3.92. The first kappa shape index (κ1) is 7.36. The van der Waals surface area contributed by atoms with E-state index in [9.17, 15) is 0 Å². The highest BCUT2D eigenvalue weighted by molar-refractivity contribution is 6.31. The minimum Gasteiger partial charge on any atom is -0.493 e. The van der Waals surface area contributed by atoms with Gasteiger partial charge in [-0.15, -0.1) is 0 Å². The third-order valence-corrected chi connectivity index (χ3v) is 1.88. The Labute approximate surface area is 73.5 Å². The van der Waals surface area contributed by atoms with Crippen LogP contribution in [0.25, 0.3) is 10.9 Å². The van der Waals surface area contributed by atoms with Crippen molar-refractivity contribution < 1.29 is 4.74 Å². The van der Waals surface area contributed by atoms with Gasteiger partial charge >= 0.3 is 0 Å². The predicted octanol–water partition coefficient (Wildman–Crippen LogP) is 1.62. The van der Waals surface area contributed by atoms with Crippen LogP contribution in [0.4, 0.5) is 0 Å². The second-order valence-electron chi connectivity index (χ2n) is 2.28. The number of aromatic amines is 1. The smallest absolute Gasteiger partial charge is 0.171 e. The average Bonchev–Trinajstić information content (AvgIpc) is 2.52. The van der Waals surface area contributed by atoms with Crippen LogP contribution in [0.3, 0.4) is 0 Å². The normalized spacial score (nSPS) is 10.5. The maximum absolute atomic E-state index is 5.78. The predicted molar refractivity (Wildman–Crippen MR) is 45.5 cm³/mol. The number of methoxy groups -OCH3 is 1. The van der Waals surface area contributed by atoms with E-state index in [1.54, 1.807) is 19.5 Å². The molecule has 0 saturated heterocycles. The molecule has 0 atom stereocenters. The van der Waals surface area contributed by atoms with Crippen molar-refractivity contribution in [3.05, 3.63) is 17.5 Å². The van der Waals surface area contributed by atoms with Gasteiger partial charge in [0.15, 0.2) is 10.9 Å². The molecule has 2 rings (SSSR count). The van der Waals surface area contributed by atoms with E-state index in [-0.39, 0.29) is 0 Å². The van der Waals surface area contributed by atoms with E-state index in [1.165, 1.54) is 0 Å². The molecular formula is C7H6ClN3O. The Morgan fingerprint density at radius 3 is 3.08 bits per heavy atom. The van der Waals surface area contributed by atoms with Crippen molar-refractivity contribution in [1.82, 2.24) is 15.2 Å². The number of nitrogens with one attached hydrogen (secondary N) is 1. The number of rotatable bonds is 1. The summed E-state index contributed by atoms with van der Waals surface area (Å²) in [5, 5.41) is 7.82. The molecule has 1 N–H and O–H groups in total. The second-order valence-corrected chi connectivity index (χ2v) is 2.64. The Morgan fingerprint density at radius 2 is 2.33 bits per heavy atom. The molecule has 12 heavy (non-hydrogen) atoms. The molecule has 0 unspecified atom stereocenters. The number of hydrogen-bond acceptors (Lipinski definition) is 3. The van der Waals surface area contributed by atoms with Crippen LogP contribution in [0.15, 0.2) is 12.4 Å². The molecule has 0 aliphatic rings. The van der Waals surface area contributed by atoms with Crippen molar-refractivity contribution >= 4 is 22.5 Å². The maximum atomic E-state index is 5.78. The zero-order valence-corrected chi connectivity index (χ0v) is 7.09. The van der Waals surface area contributed by atoms with Crippen LogP contribution in [0.2, 0.25) is 5.15 Å². The lowest BCUT2D eigenvalue weighted by Crippen LogP contribution is -1.87. The van der Waals surface area contributed by atoms with Gasteiger partial charge in [-0.2, -0.15) is 5.10 Å². The number of H-pyrrole nitrogens is 1. The molecule has 0 aromatic carbocycles. The lowest BCUT2D eigenvalue weighted by molar-refractivity contribution is 0.418. The first-order chi connectivity index (χ1) is 5.83. The van der Waals surface area contributed by atoms with Crippen LogP contribution < -0.4 is 4.74 Å². The first-order valence-electron chi connectivity index (χ1n) is 3.34. The van der Waals surface area contributed by atoms with Crippen molar-refractivity contribution in [3.63, 3.8) is 0 Å². The van der Waals surface area contributed by atoms with Crippen molar-refractivity contribution in [1.29, 1.82) is 0 Å². The van der Waals surface area contributed by atoms with Gasteiger partial charge in [-0.25, -0.2) is 4.98 Å². The summed E-state index contributed by atoms with van der Waals surface area (Å²) in [6.45, 7) is 0. The van der Waals surface area contributed by atoms with Gasteiger partial charge in [-0.3, -0.25) is 5.10 Å². The van der Waals surface area contributed by atoms with Gasteiger partial charge in [0.25, 0.3) is 0 Å². The van der Waals surface area contributed by atoms with E-state index in [0.717, 1.165) is 10.9 Å². The Kier molecular flexibility index (Phi) is 1.62. The van der Waals surface area contributed by atoms with Gasteiger partial charge in [0.1, 0.15) is 0 Å². The largest absolute Gasteiger partial charge is 0.493 e. The van der Waals surface area contributed by atoms with Crippen molar-refractivity contribution in [2.75, 3.05) is 7.11 Å². The van der Waals surface area contributed by atoms with Crippen LogP contribution in [-0.4, -0.2) is 22.3 Å². The molecule has 0 bridgehead atoms. The van der Waals surface area contributed by atoms with Crippen LogP contribution in [-0.2, 0) is 0 Å². The van der Waals surface area contributed by atoms with E-state index >= 15 is 0 Å². The molecule has 2 heterocycles. The number of ether oxygens (including phenoxy) is 1. The van der Waals surface area contributed by atoms with Crippen LogP contribution in [0.5, 0.6) is 5.75 Å². The van der Waals surface area contributed by atoms with E-state index in [2.05, 4.69) is 15.2 Å². The topological polar surface area (TPSA) is 50.8 Å². The quantitative estimate of drug-likeness (QED) is 0.684. The Bertz CT molecular complexity index is 412. The fraction of sp³-hybridized carbons (Fsp3) is 0.143. The average molecular weight is 184 g/mol. The molecule has 0 spiro atoms. The van der Waals surface area contributed by atoms with Gasteiger partial charge in [0.2, 0.25) is 0 Å². The Balaban J connectivity index is 2.83. The first-order valence-corrected chi connectivity index (χ1v) is 3.72. The minimum atomic E-state index is 0.353. The molecule has 4 nitrogen and oxygen atoms in total. The highest BCUT2D eigenvalue weighted by atomic mass is 35.5. The number of fused-ring (bicyclic) bond motifs is 1. The van der Waals surface area contributed by atoms with E-state index in [0.29, 0.717) is 10.9 Å². The van der Waals surface area contributed by atoms with E-state index < -0.39 is 0 Å². The minimum absolute atomic E-state index is 0.353. The van der Waals surface area contributed by atoms with Crippen molar-refractivity contribution in [2.45, 2.75) is 0 Å². The van der Waals surface area contributed by atoms with E-state index in [1.807, 2.05) is 0 Å². The molecule has 2 aromatic heterocycles. The molecule has 0 saturated carbocycles. The SMILES string of the molecule is COc1c(Cl)ncc2[nH]ncc12. The highest BCUT2D eigenvalue weighted by Gasteiger charge is 2.08. The van der Waals surface area contributed by atoms with Crippen molar-refractivity contribution in [3.8, 4) is 5.75 Å². The monoisotopic (exact) mass is 183 g/mol. The molecule has 5 heteroatoms. The molecular weight excluding hydrogens is 178 g/mol. The molecule has 0 fully saturated rings. The fourth-order valence-electron chi connectivity index (χ4n) is 1.06. The third-order valence-electron chi connectivity index (χ3n) is 1.61. The van der Waals surface area contributed by atoms with E-state index in [4.69, 9.17) is 16.3 Å². The van der Waals surface area contributed by atoms with Gasteiger partial charge in [0, 0.05) is 0 Å². The lowest BCUT2D eigenvalue weighted by atomic mass is 10.3. The zero-order valence-electron chi connectivity index (χ0n) is 6.34. The molecule has 2 aromatic rings. The fourth-order valence-corrected chi connectivity index (χ4v) is 1.29. The van der Waals surface area contributed by atoms with Crippen molar-refractivity contribution in [2.24, 2.45) is 0 Å². The summed E-state index contributed by atoms with van der Waals surface area (Å²) in [6.07, 6.45) is 3.27. The number of aromatic nitrogens is 3. The second kappa shape index (κ2) is 2.64. The number of hydrogen-bond donors (Lipinski definition) is 1. The summed E-state index contributed by atoms with van der Waals surface area (Å²) in [7, 11) is 1.55. The Hall–Kier alpha value is -1.29. The summed E-state index contributed by atoms with van der Waals surface area (Å²) in [5.41, 5.74) is 0.816. The molecule has 0 aliphatic heterocycles. The molecule has 62 valence electrons. The summed E-state index contributed by atoms with van der Waals surface area (Å²) in [6, 6.07) is 0. The maximum Gasteiger partial charge on any atom is 0.171 e. The lowest BCUT2D eigenvalue weighted by Gasteiger charge is -2.01. The number of pyridine rings is 1. The standard InChI is InChI=1S/C7H6ClN3O/c1-12-6-4-2-10-11-5(4)3-9-7(6)8/h2-3H,1H3,(H,10,11). The molecule has 0 amide bonds. The van der Waals surface area contributed by atoms with Gasteiger partial charge in [-0.1, -0.05) is 11.6 Å². The zero-order chi connectivity index (χ0) is 8.55. The van der Waals surface area contributed by atoms with Crippen LogP contribution >= 0.6 is 11.6 Å². The van der Waals surface area contributed by atoms with Gasteiger partial charge in [-0.05, 0) is 0 Å². The molecule has 0 aliphatic carbocycles. The Morgan fingerprint density at radius 1 is 1.50 bits per heavy atom. The van der Waals surface area contributed by atoms with Crippen LogP contribution in [0, 0.1) is 0 Å². The number of halogens is 1. The van der Waals surface area contributed by atoms with Gasteiger partial charge in [0.05, 0.1) is 30.4 Å². The van der Waals surface area contributed by atoms with Gasteiger partial charge < -0.3 is 4.74 Å². The summed E-state index contributed by atoms with van der Waals surface area (Å²) >= 11 is 5.78. The third kappa shape index (κ3) is 0.921. The number of nitrogens with zero attached hydrogens (tertiary/aromatic N) is 2. The highest BCUT2D eigenvalue weighted by Crippen LogP contribution is 2.29. The summed E-state index contributed by atoms with van der Waals surface area (Å²) in [5.74, 6) is 0.558. The summed E-state index contributed by atoms with van der Waals surface area (Å²) < 4.78 is 5.06. The van der Waals surface area contributed by atoms with Crippen LogP contribution in [0.1, 0.15) is 0 Å². The molecule has 0 radical (unpaired) electrons.